The Morgan fingerprint density at radius 2 is 1.49 bits per heavy atom. The van der Waals surface area contributed by atoms with E-state index in [-0.39, 0.29) is 0 Å². The molecule has 4 aromatic carbocycles. The minimum absolute atomic E-state index is 0.590. The zero-order valence-corrected chi connectivity index (χ0v) is 24.4. The van der Waals surface area contributed by atoms with Gasteiger partial charge in [-0.25, -0.2) is 0 Å². The molecule has 8 rings (SSSR count). The van der Waals surface area contributed by atoms with Gasteiger partial charge in [0.2, 0.25) is 0 Å². The zero-order chi connectivity index (χ0) is 30.0. The molecule has 3 heterocycles. The summed E-state index contributed by atoms with van der Waals surface area (Å²) in [5.74, 6) is 2.25. The van der Waals surface area contributed by atoms with Crippen molar-refractivity contribution in [1.29, 1.82) is 0 Å². The predicted molar refractivity (Wildman–Crippen MR) is 161 cm³/mol. The van der Waals surface area contributed by atoms with Crippen LogP contribution in [0.1, 0.15) is 28.1 Å². The Morgan fingerprint density at radius 3 is 2.32 bits per heavy atom. The SMILES string of the molecule is [2H]C([2H])([2H])n1[c](=[Pt])n(-c2cccc(Oc3ccc4c5cc6c(cc5n(-c5ccccn5)c4c3)CCCC6)c2)c2ccccc21. The topological polar surface area (TPSA) is 36.9 Å². The molecule has 0 fully saturated rings. The van der Waals surface area contributed by atoms with Crippen molar-refractivity contribution in [2.24, 2.45) is 6.98 Å². The van der Waals surface area contributed by atoms with E-state index in [1.54, 1.807) is 0 Å². The van der Waals surface area contributed by atoms with Crippen molar-refractivity contribution in [2.75, 3.05) is 0 Å². The standard InChI is InChI=1S/C35H28N4O.Pt/c1-37-23-38(32-14-5-4-13-31(32)37)26-11-8-12-27(21-26)40-28-16-17-29-30-19-24-9-2-3-10-25(24)20-33(30)39(34(29)22-28)35-15-6-7-18-36-35;/h4-8,11-22H,2-3,9-10H2,1H3;/i1D3;. The number of aryl methyl sites for hydroxylation is 3. The van der Waals surface area contributed by atoms with Crippen molar-refractivity contribution in [3.8, 4) is 23.0 Å². The van der Waals surface area contributed by atoms with E-state index < -0.39 is 6.98 Å². The third kappa shape index (κ3) is 4.02. The molecule has 0 bridgehead atoms. The number of para-hydroxylation sites is 2. The third-order valence-electron chi connectivity index (χ3n) is 8.10. The van der Waals surface area contributed by atoms with Crippen LogP contribution in [-0.2, 0) is 39.2 Å². The van der Waals surface area contributed by atoms with Crippen molar-refractivity contribution in [2.45, 2.75) is 25.7 Å². The van der Waals surface area contributed by atoms with Gasteiger partial charge in [-0.15, -0.1) is 0 Å². The molecule has 0 unspecified atom stereocenters. The summed E-state index contributed by atoms with van der Waals surface area (Å²) in [5, 5.41) is 2.40. The van der Waals surface area contributed by atoms with Gasteiger partial charge in [0.1, 0.15) is 0 Å². The molecule has 0 radical (unpaired) electrons. The fraction of sp³-hybridized carbons (Fsp3) is 0.143. The number of rotatable bonds is 4. The molecule has 0 saturated heterocycles. The second-order valence-electron chi connectivity index (χ2n) is 10.5. The van der Waals surface area contributed by atoms with Crippen LogP contribution >= 0.6 is 0 Å². The van der Waals surface area contributed by atoms with E-state index in [0.29, 0.717) is 20.8 Å². The van der Waals surface area contributed by atoms with Crippen molar-refractivity contribution in [3.63, 3.8) is 0 Å². The van der Waals surface area contributed by atoms with Gasteiger partial charge >= 0.3 is 198 Å². The van der Waals surface area contributed by atoms with E-state index in [2.05, 4.69) is 48.2 Å². The fourth-order valence-electron chi connectivity index (χ4n) is 6.21. The normalized spacial score (nSPS) is 14.6. The molecule has 0 saturated carbocycles. The average molecular weight is 719 g/mol. The Balaban J connectivity index is 1.25. The first-order valence-electron chi connectivity index (χ1n) is 15.3. The van der Waals surface area contributed by atoms with Crippen molar-refractivity contribution in [1.82, 2.24) is 18.7 Å². The molecular formula is C35H28N4OPt. The van der Waals surface area contributed by atoms with Crippen LogP contribution < -0.4 is 4.74 Å². The maximum atomic E-state index is 8.14. The van der Waals surface area contributed by atoms with Gasteiger partial charge in [-0.2, -0.15) is 0 Å². The van der Waals surface area contributed by atoms with Crippen molar-refractivity contribution < 1.29 is 28.2 Å². The van der Waals surface area contributed by atoms with Gasteiger partial charge in [0.15, 0.2) is 0 Å². The molecule has 0 spiro atoms. The summed E-state index contributed by atoms with van der Waals surface area (Å²) in [5.41, 5.74) is 7.38. The van der Waals surface area contributed by atoms with E-state index in [4.69, 9.17) is 13.8 Å². The van der Waals surface area contributed by atoms with Gasteiger partial charge in [-0.05, 0) is 42.9 Å². The summed E-state index contributed by atoms with van der Waals surface area (Å²) < 4.78 is 37.1. The molecule has 204 valence electrons. The number of ether oxygens (including phenoxy) is 1. The second kappa shape index (κ2) is 9.71. The first kappa shape index (κ1) is 21.5. The van der Waals surface area contributed by atoms with E-state index >= 15 is 0 Å². The van der Waals surface area contributed by atoms with Crippen LogP contribution in [0.15, 0.2) is 103 Å². The van der Waals surface area contributed by atoms with Crippen LogP contribution in [0.2, 0.25) is 0 Å². The van der Waals surface area contributed by atoms with Crippen LogP contribution in [0.4, 0.5) is 0 Å². The van der Waals surface area contributed by atoms with E-state index in [1.165, 1.54) is 39.3 Å². The summed E-state index contributed by atoms with van der Waals surface area (Å²) in [6.07, 6.45) is 6.54. The first-order valence-corrected chi connectivity index (χ1v) is 15.0. The van der Waals surface area contributed by atoms with Crippen molar-refractivity contribution >= 4 is 32.8 Å². The fourth-order valence-corrected chi connectivity index (χ4v) is 7.05. The molecule has 1 aliphatic rings. The van der Waals surface area contributed by atoms with Crippen LogP contribution in [0, 0.1) is 3.80 Å². The second-order valence-corrected chi connectivity index (χ2v) is 11.6. The van der Waals surface area contributed by atoms with Crippen LogP contribution in [0.3, 0.4) is 0 Å². The molecule has 5 nitrogen and oxygen atoms in total. The van der Waals surface area contributed by atoms with Gasteiger partial charge in [0, 0.05) is 6.20 Å². The number of fused-ring (bicyclic) bond motifs is 5. The number of pyridine rings is 1. The number of benzene rings is 4. The summed E-state index contributed by atoms with van der Waals surface area (Å²) in [7, 11) is 0. The monoisotopic (exact) mass is 718 g/mol. The first-order chi connectivity index (χ1) is 21.4. The molecule has 1 aliphatic carbocycles. The number of hydrogen-bond donors (Lipinski definition) is 0. The summed E-state index contributed by atoms with van der Waals surface area (Å²) >= 11 is 2.09. The molecular weight excluding hydrogens is 687 g/mol. The predicted octanol–water partition coefficient (Wildman–Crippen LogP) is 8.21. The maximum absolute atomic E-state index is 8.14. The quantitative estimate of drug-likeness (QED) is 0.184. The van der Waals surface area contributed by atoms with Gasteiger partial charge < -0.3 is 0 Å². The molecule has 3 aromatic heterocycles. The Hall–Kier alpha value is -4.21. The Labute approximate surface area is 252 Å². The molecule has 0 atom stereocenters. The summed E-state index contributed by atoms with van der Waals surface area (Å²) in [6.45, 7) is -2.31. The van der Waals surface area contributed by atoms with Crippen LogP contribution in [0.25, 0.3) is 44.3 Å². The van der Waals surface area contributed by atoms with Gasteiger partial charge in [-0.1, -0.05) is 6.07 Å². The van der Waals surface area contributed by atoms with E-state index in [1.807, 2.05) is 83.6 Å². The van der Waals surface area contributed by atoms with Crippen LogP contribution in [-0.4, -0.2) is 18.7 Å². The Morgan fingerprint density at radius 1 is 0.707 bits per heavy atom. The molecule has 0 amide bonds. The Bertz CT molecular complexity index is 2280. The molecule has 41 heavy (non-hydrogen) atoms. The minimum atomic E-state index is -2.31. The van der Waals surface area contributed by atoms with Crippen molar-refractivity contribution in [3.05, 3.63) is 118 Å². The zero-order valence-electron chi connectivity index (χ0n) is 25.2. The molecule has 0 aliphatic heterocycles. The van der Waals surface area contributed by atoms with E-state index in [9.17, 15) is 0 Å². The number of aromatic nitrogens is 4. The van der Waals surface area contributed by atoms with Gasteiger partial charge in [0.25, 0.3) is 0 Å². The molecule has 0 N–H and O–H groups in total. The number of hydrogen-bond acceptors (Lipinski definition) is 2. The number of nitrogens with zero attached hydrogens (tertiary/aromatic N) is 4. The average Bonchev–Trinajstić information content (AvgIpc) is 3.51. The van der Waals surface area contributed by atoms with Gasteiger partial charge in [-0.3, -0.25) is 0 Å². The molecule has 6 heteroatoms. The summed E-state index contributed by atoms with van der Waals surface area (Å²) in [6, 6.07) is 32.3. The summed E-state index contributed by atoms with van der Waals surface area (Å²) in [4.78, 5) is 4.72. The van der Waals surface area contributed by atoms with Gasteiger partial charge in [0.05, 0.1) is 0 Å². The number of imidazole rings is 1. The third-order valence-corrected chi connectivity index (χ3v) is 9.11. The Kier molecular flexibility index (Phi) is 5.10. The van der Waals surface area contributed by atoms with E-state index in [0.717, 1.165) is 40.9 Å². The van der Waals surface area contributed by atoms with Crippen LogP contribution in [0.5, 0.6) is 11.5 Å². The molecule has 7 aromatic rings.